The molecule has 1 unspecified atom stereocenters. The summed E-state index contributed by atoms with van der Waals surface area (Å²) in [7, 11) is 2.15. The molecule has 3 nitrogen and oxygen atoms in total. The van der Waals surface area contributed by atoms with E-state index in [1.807, 2.05) is 0 Å². The number of piperazine rings is 1. The Bertz CT molecular complexity index is 483. The van der Waals surface area contributed by atoms with E-state index in [1.165, 1.54) is 11.1 Å². The summed E-state index contributed by atoms with van der Waals surface area (Å²) in [6.07, 6.45) is 1.88. The summed E-state index contributed by atoms with van der Waals surface area (Å²) in [5, 5.41) is 9.65. The third kappa shape index (κ3) is 3.39. The highest BCUT2D eigenvalue weighted by molar-refractivity contribution is 5.26. The normalized spacial score (nSPS) is 20.3. The molecule has 0 saturated carbocycles. The lowest BCUT2D eigenvalue weighted by molar-refractivity contribution is 0.0786. The van der Waals surface area contributed by atoms with Gasteiger partial charge in [0.2, 0.25) is 0 Å². The molecule has 1 aliphatic rings. The van der Waals surface area contributed by atoms with Crippen molar-refractivity contribution in [1.82, 2.24) is 9.80 Å². The largest absolute Gasteiger partial charge is 0.304 e. The van der Waals surface area contributed by atoms with Crippen LogP contribution in [0.3, 0.4) is 0 Å². The van der Waals surface area contributed by atoms with Gasteiger partial charge in [0.15, 0.2) is 0 Å². The zero-order valence-corrected chi connectivity index (χ0v) is 12.9. The van der Waals surface area contributed by atoms with Gasteiger partial charge in [0, 0.05) is 26.2 Å². The molecule has 1 saturated heterocycles. The van der Waals surface area contributed by atoms with Gasteiger partial charge in [-0.1, -0.05) is 24.3 Å². The molecule has 0 aromatic heterocycles. The standard InChI is InChI=1S/C17H25N3/c1-15-6-4-5-7-16(15)8-9-17(2,14-18)20-12-10-19(3)11-13-20/h4-7H,8-13H2,1-3H3. The molecule has 0 spiro atoms. The van der Waals surface area contributed by atoms with Crippen LogP contribution >= 0.6 is 0 Å². The quantitative estimate of drug-likeness (QED) is 0.842. The van der Waals surface area contributed by atoms with Crippen molar-refractivity contribution < 1.29 is 0 Å². The van der Waals surface area contributed by atoms with E-state index in [9.17, 15) is 5.26 Å². The summed E-state index contributed by atoms with van der Waals surface area (Å²) in [5.41, 5.74) is 2.35. The first-order valence-corrected chi connectivity index (χ1v) is 7.44. The fraction of sp³-hybridized carbons (Fsp3) is 0.588. The van der Waals surface area contributed by atoms with E-state index in [2.05, 4.69) is 61.0 Å². The van der Waals surface area contributed by atoms with E-state index in [4.69, 9.17) is 0 Å². The first-order chi connectivity index (χ1) is 9.55. The van der Waals surface area contributed by atoms with Crippen LogP contribution in [0.15, 0.2) is 24.3 Å². The Balaban J connectivity index is 2.01. The monoisotopic (exact) mass is 271 g/mol. The smallest absolute Gasteiger partial charge is 0.106 e. The maximum atomic E-state index is 9.65. The molecular weight excluding hydrogens is 246 g/mol. The van der Waals surface area contributed by atoms with Gasteiger partial charge in [-0.15, -0.1) is 0 Å². The van der Waals surface area contributed by atoms with Crippen LogP contribution in [0, 0.1) is 18.3 Å². The van der Waals surface area contributed by atoms with Gasteiger partial charge in [-0.25, -0.2) is 0 Å². The maximum Gasteiger partial charge on any atom is 0.106 e. The van der Waals surface area contributed by atoms with Gasteiger partial charge in [0.1, 0.15) is 5.54 Å². The minimum absolute atomic E-state index is 0.344. The molecule has 1 aromatic carbocycles. The van der Waals surface area contributed by atoms with Crippen molar-refractivity contribution >= 4 is 0 Å². The summed E-state index contributed by atoms with van der Waals surface area (Å²) in [4.78, 5) is 4.68. The molecule has 108 valence electrons. The fourth-order valence-electron chi connectivity index (χ4n) is 2.85. The van der Waals surface area contributed by atoms with E-state index in [-0.39, 0.29) is 5.54 Å². The minimum Gasteiger partial charge on any atom is -0.304 e. The Morgan fingerprint density at radius 1 is 1.20 bits per heavy atom. The van der Waals surface area contributed by atoms with Crippen molar-refractivity contribution in [2.45, 2.75) is 32.2 Å². The van der Waals surface area contributed by atoms with Crippen molar-refractivity contribution in [2.24, 2.45) is 0 Å². The van der Waals surface area contributed by atoms with Crippen molar-refractivity contribution in [3.05, 3.63) is 35.4 Å². The second-order valence-corrected chi connectivity index (χ2v) is 6.10. The molecule has 1 fully saturated rings. The van der Waals surface area contributed by atoms with E-state index >= 15 is 0 Å². The molecule has 0 radical (unpaired) electrons. The van der Waals surface area contributed by atoms with Gasteiger partial charge in [-0.05, 0) is 44.9 Å². The van der Waals surface area contributed by atoms with Crippen molar-refractivity contribution in [3.8, 4) is 6.07 Å². The lowest BCUT2D eigenvalue weighted by Gasteiger charge is -2.41. The fourth-order valence-corrected chi connectivity index (χ4v) is 2.85. The third-order valence-electron chi connectivity index (χ3n) is 4.58. The minimum atomic E-state index is -0.344. The number of nitriles is 1. The van der Waals surface area contributed by atoms with E-state index in [0.29, 0.717) is 0 Å². The van der Waals surface area contributed by atoms with Crippen LogP contribution in [0.25, 0.3) is 0 Å². The Hall–Kier alpha value is -1.37. The van der Waals surface area contributed by atoms with Crippen LogP contribution in [0.4, 0.5) is 0 Å². The zero-order chi connectivity index (χ0) is 14.6. The van der Waals surface area contributed by atoms with Gasteiger partial charge in [0.05, 0.1) is 6.07 Å². The van der Waals surface area contributed by atoms with Crippen LogP contribution < -0.4 is 0 Å². The SMILES string of the molecule is Cc1ccccc1CCC(C)(C#N)N1CCN(C)CC1. The average molecular weight is 271 g/mol. The lowest BCUT2D eigenvalue weighted by atomic mass is 9.91. The highest BCUT2D eigenvalue weighted by Gasteiger charge is 2.33. The Morgan fingerprint density at radius 2 is 1.85 bits per heavy atom. The molecule has 1 atom stereocenters. The van der Waals surface area contributed by atoms with Crippen LogP contribution in [-0.4, -0.2) is 48.6 Å². The number of hydrogen-bond acceptors (Lipinski definition) is 3. The van der Waals surface area contributed by atoms with Gasteiger partial charge in [-0.2, -0.15) is 5.26 Å². The summed E-state index contributed by atoms with van der Waals surface area (Å²) < 4.78 is 0. The Kier molecular flexibility index (Phi) is 4.80. The summed E-state index contributed by atoms with van der Waals surface area (Å²) >= 11 is 0. The second kappa shape index (κ2) is 6.39. The number of hydrogen-bond donors (Lipinski definition) is 0. The van der Waals surface area contributed by atoms with Gasteiger partial charge in [0.25, 0.3) is 0 Å². The van der Waals surface area contributed by atoms with Crippen LogP contribution in [0.1, 0.15) is 24.5 Å². The van der Waals surface area contributed by atoms with E-state index in [0.717, 1.165) is 39.0 Å². The molecule has 0 aliphatic carbocycles. The molecule has 1 aliphatic heterocycles. The summed E-state index contributed by atoms with van der Waals surface area (Å²) in [6, 6.07) is 11.0. The lowest BCUT2D eigenvalue weighted by Crippen LogP contribution is -2.54. The molecular formula is C17H25N3. The highest BCUT2D eigenvalue weighted by Crippen LogP contribution is 2.23. The average Bonchev–Trinajstić information content (AvgIpc) is 2.47. The van der Waals surface area contributed by atoms with Crippen molar-refractivity contribution in [3.63, 3.8) is 0 Å². The molecule has 2 rings (SSSR count). The number of nitrogens with zero attached hydrogens (tertiary/aromatic N) is 3. The third-order valence-corrected chi connectivity index (χ3v) is 4.58. The van der Waals surface area contributed by atoms with E-state index < -0.39 is 0 Å². The zero-order valence-electron chi connectivity index (χ0n) is 12.9. The van der Waals surface area contributed by atoms with Crippen LogP contribution in [-0.2, 0) is 6.42 Å². The molecule has 0 bridgehead atoms. The van der Waals surface area contributed by atoms with E-state index in [1.54, 1.807) is 0 Å². The summed E-state index contributed by atoms with van der Waals surface area (Å²) in [5.74, 6) is 0. The molecule has 1 aromatic rings. The van der Waals surface area contributed by atoms with Gasteiger partial charge in [-0.3, -0.25) is 4.90 Å². The van der Waals surface area contributed by atoms with Gasteiger partial charge < -0.3 is 4.90 Å². The maximum absolute atomic E-state index is 9.65. The number of benzene rings is 1. The highest BCUT2D eigenvalue weighted by atomic mass is 15.3. The number of rotatable bonds is 4. The van der Waals surface area contributed by atoms with Crippen LogP contribution in [0.5, 0.6) is 0 Å². The number of likely N-dealkylation sites (N-methyl/N-ethyl adjacent to an activating group) is 1. The van der Waals surface area contributed by atoms with Crippen LogP contribution in [0.2, 0.25) is 0 Å². The Morgan fingerprint density at radius 3 is 2.45 bits per heavy atom. The Labute approximate surface area is 122 Å². The molecule has 0 amide bonds. The first-order valence-electron chi connectivity index (χ1n) is 7.44. The molecule has 1 heterocycles. The topological polar surface area (TPSA) is 30.3 Å². The molecule has 0 N–H and O–H groups in total. The second-order valence-electron chi connectivity index (χ2n) is 6.10. The number of aryl methyl sites for hydroxylation is 2. The predicted octanol–water partition coefficient (Wildman–Crippen LogP) is 2.46. The first kappa shape index (κ1) is 15.0. The molecule has 20 heavy (non-hydrogen) atoms. The van der Waals surface area contributed by atoms with Gasteiger partial charge >= 0.3 is 0 Å². The van der Waals surface area contributed by atoms with Crippen molar-refractivity contribution in [2.75, 3.05) is 33.2 Å². The van der Waals surface area contributed by atoms with Crippen molar-refractivity contribution in [1.29, 1.82) is 5.26 Å². The predicted molar refractivity (Wildman–Crippen MR) is 82.6 cm³/mol. The molecule has 3 heteroatoms. The summed E-state index contributed by atoms with van der Waals surface area (Å²) in [6.45, 7) is 8.34.